The third-order valence-electron chi connectivity index (χ3n) is 3.01. The van der Waals surface area contributed by atoms with Crippen molar-refractivity contribution in [2.75, 3.05) is 0 Å². The quantitative estimate of drug-likeness (QED) is 0.756. The fourth-order valence-electron chi connectivity index (χ4n) is 2.28. The molecule has 3 heteroatoms. The number of rotatable bonds is 1. The van der Waals surface area contributed by atoms with Crippen molar-refractivity contribution in [1.82, 2.24) is 9.97 Å². The van der Waals surface area contributed by atoms with Gasteiger partial charge in [0.25, 0.3) is 0 Å². The standard InChI is InChI=1S/C12H11FN2/c13-11-2-1-8-5-10(6-9(8)7-11)12-14-3-4-15-12/h1-4,7,10H,5-6H2,(H,14,15). The van der Waals surface area contributed by atoms with Gasteiger partial charge in [0.15, 0.2) is 0 Å². The Morgan fingerprint density at radius 3 is 2.93 bits per heavy atom. The number of imidazole rings is 1. The molecule has 76 valence electrons. The predicted octanol–water partition coefficient (Wildman–Crippen LogP) is 2.43. The van der Waals surface area contributed by atoms with Crippen molar-refractivity contribution in [3.8, 4) is 0 Å². The van der Waals surface area contributed by atoms with Crippen molar-refractivity contribution in [2.24, 2.45) is 0 Å². The Morgan fingerprint density at radius 2 is 2.13 bits per heavy atom. The van der Waals surface area contributed by atoms with Crippen molar-refractivity contribution < 1.29 is 4.39 Å². The van der Waals surface area contributed by atoms with Crippen molar-refractivity contribution in [2.45, 2.75) is 18.8 Å². The van der Waals surface area contributed by atoms with E-state index in [2.05, 4.69) is 9.97 Å². The minimum Gasteiger partial charge on any atom is -0.348 e. The highest BCUT2D eigenvalue weighted by atomic mass is 19.1. The van der Waals surface area contributed by atoms with E-state index < -0.39 is 0 Å². The highest BCUT2D eigenvalue weighted by Crippen LogP contribution is 2.32. The summed E-state index contributed by atoms with van der Waals surface area (Å²) in [7, 11) is 0. The summed E-state index contributed by atoms with van der Waals surface area (Å²) in [4.78, 5) is 7.38. The molecule has 0 bridgehead atoms. The molecule has 1 N–H and O–H groups in total. The number of H-pyrrole nitrogens is 1. The smallest absolute Gasteiger partial charge is 0.123 e. The molecule has 0 aliphatic heterocycles. The van der Waals surface area contributed by atoms with Crippen LogP contribution in [0.25, 0.3) is 0 Å². The minimum absolute atomic E-state index is 0.145. The van der Waals surface area contributed by atoms with Crippen molar-refractivity contribution in [3.05, 3.63) is 53.4 Å². The molecule has 1 unspecified atom stereocenters. The Labute approximate surface area is 87.2 Å². The maximum absolute atomic E-state index is 13.0. The van der Waals surface area contributed by atoms with Crippen LogP contribution in [-0.4, -0.2) is 9.97 Å². The monoisotopic (exact) mass is 202 g/mol. The van der Waals surface area contributed by atoms with E-state index in [4.69, 9.17) is 0 Å². The van der Waals surface area contributed by atoms with Crippen LogP contribution in [-0.2, 0) is 12.8 Å². The van der Waals surface area contributed by atoms with Gasteiger partial charge in [0.1, 0.15) is 11.6 Å². The molecule has 2 aromatic rings. The molecule has 0 saturated heterocycles. The average molecular weight is 202 g/mol. The second-order valence-electron chi connectivity index (χ2n) is 3.99. The summed E-state index contributed by atoms with van der Waals surface area (Å²) >= 11 is 0. The predicted molar refractivity (Wildman–Crippen MR) is 55.1 cm³/mol. The summed E-state index contributed by atoms with van der Waals surface area (Å²) in [5, 5.41) is 0. The molecule has 15 heavy (non-hydrogen) atoms. The van der Waals surface area contributed by atoms with Gasteiger partial charge in [0.2, 0.25) is 0 Å². The van der Waals surface area contributed by atoms with E-state index in [0.717, 1.165) is 24.2 Å². The first-order chi connectivity index (χ1) is 7.33. The average Bonchev–Trinajstić information content (AvgIpc) is 2.84. The van der Waals surface area contributed by atoms with Crippen LogP contribution in [0.15, 0.2) is 30.6 Å². The maximum Gasteiger partial charge on any atom is 0.123 e. The van der Waals surface area contributed by atoms with Crippen LogP contribution in [0.5, 0.6) is 0 Å². The zero-order valence-corrected chi connectivity index (χ0v) is 8.20. The van der Waals surface area contributed by atoms with E-state index in [9.17, 15) is 4.39 Å². The van der Waals surface area contributed by atoms with Crippen LogP contribution in [0.2, 0.25) is 0 Å². The lowest BCUT2D eigenvalue weighted by molar-refractivity contribution is 0.625. The first-order valence-corrected chi connectivity index (χ1v) is 5.09. The number of nitrogens with one attached hydrogen (secondary N) is 1. The molecular weight excluding hydrogens is 191 g/mol. The molecule has 1 aromatic carbocycles. The molecular formula is C12H11FN2. The van der Waals surface area contributed by atoms with Gasteiger partial charge in [-0.2, -0.15) is 0 Å². The van der Waals surface area contributed by atoms with Gasteiger partial charge in [-0.1, -0.05) is 6.07 Å². The summed E-state index contributed by atoms with van der Waals surface area (Å²) in [6.45, 7) is 0. The molecule has 2 nitrogen and oxygen atoms in total. The molecule has 0 fully saturated rings. The molecule has 1 atom stereocenters. The largest absolute Gasteiger partial charge is 0.348 e. The Bertz CT molecular complexity index is 476. The van der Waals surface area contributed by atoms with E-state index in [1.165, 1.54) is 11.6 Å². The molecule has 0 radical (unpaired) electrons. The van der Waals surface area contributed by atoms with Crippen molar-refractivity contribution >= 4 is 0 Å². The first kappa shape index (κ1) is 8.65. The Hall–Kier alpha value is -1.64. The van der Waals surface area contributed by atoms with Crippen LogP contribution in [0, 0.1) is 5.82 Å². The molecule has 0 spiro atoms. The van der Waals surface area contributed by atoms with Gasteiger partial charge in [-0.15, -0.1) is 0 Å². The molecule has 0 saturated carbocycles. The molecule has 1 aliphatic rings. The number of hydrogen-bond acceptors (Lipinski definition) is 1. The number of aromatic nitrogens is 2. The number of hydrogen-bond donors (Lipinski definition) is 1. The topological polar surface area (TPSA) is 28.7 Å². The fraction of sp³-hybridized carbons (Fsp3) is 0.250. The molecule has 3 rings (SSSR count). The van der Waals surface area contributed by atoms with Crippen molar-refractivity contribution in [3.63, 3.8) is 0 Å². The molecule has 0 amide bonds. The lowest BCUT2D eigenvalue weighted by Crippen LogP contribution is -1.99. The summed E-state index contributed by atoms with van der Waals surface area (Å²) < 4.78 is 13.0. The zero-order valence-electron chi connectivity index (χ0n) is 8.20. The Balaban J connectivity index is 1.92. The van der Waals surface area contributed by atoms with Crippen LogP contribution >= 0.6 is 0 Å². The lowest BCUT2D eigenvalue weighted by Gasteiger charge is -2.03. The number of halogens is 1. The van der Waals surface area contributed by atoms with E-state index in [1.54, 1.807) is 12.3 Å². The summed E-state index contributed by atoms with van der Waals surface area (Å²) in [5.41, 5.74) is 2.37. The van der Waals surface area contributed by atoms with Gasteiger partial charge < -0.3 is 4.98 Å². The summed E-state index contributed by atoms with van der Waals surface area (Å²) in [6.07, 6.45) is 5.45. The van der Waals surface area contributed by atoms with E-state index in [1.807, 2.05) is 12.3 Å². The number of benzene rings is 1. The van der Waals surface area contributed by atoms with Gasteiger partial charge in [-0.3, -0.25) is 0 Å². The third-order valence-corrected chi connectivity index (χ3v) is 3.01. The minimum atomic E-state index is -0.145. The van der Waals surface area contributed by atoms with Gasteiger partial charge >= 0.3 is 0 Å². The number of aromatic amines is 1. The van der Waals surface area contributed by atoms with Gasteiger partial charge in [0.05, 0.1) is 0 Å². The Morgan fingerprint density at radius 1 is 1.27 bits per heavy atom. The Kier molecular flexibility index (Phi) is 1.84. The van der Waals surface area contributed by atoms with Crippen LogP contribution in [0.4, 0.5) is 4.39 Å². The van der Waals surface area contributed by atoms with Gasteiger partial charge in [0, 0.05) is 18.3 Å². The third kappa shape index (κ3) is 1.44. The summed E-state index contributed by atoms with van der Waals surface area (Å²) in [6, 6.07) is 5.05. The van der Waals surface area contributed by atoms with Gasteiger partial charge in [-0.05, 0) is 36.1 Å². The van der Waals surface area contributed by atoms with Crippen LogP contribution < -0.4 is 0 Å². The SMILES string of the molecule is Fc1ccc2c(c1)CC(c1ncc[nH]1)C2. The highest BCUT2D eigenvalue weighted by molar-refractivity contribution is 5.35. The fourth-order valence-corrected chi connectivity index (χ4v) is 2.28. The molecule has 1 aliphatic carbocycles. The van der Waals surface area contributed by atoms with E-state index in [0.29, 0.717) is 5.92 Å². The number of fused-ring (bicyclic) bond motifs is 1. The lowest BCUT2D eigenvalue weighted by atomic mass is 10.1. The van der Waals surface area contributed by atoms with Crippen LogP contribution in [0.1, 0.15) is 22.9 Å². The van der Waals surface area contributed by atoms with E-state index in [-0.39, 0.29) is 5.82 Å². The highest BCUT2D eigenvalue weighted by Gasteiger charge is 2.24. The number of nitrogens with zero attached hydrogens (tertiary/aromatic N) is 1. The molecule has 1 aromatic heterocycles. The van der Waals surface area contributed by atoms with Crippen LogP contribution in [0.3, 0.4) is 0 Å². The molecule has 1 heterocycles. The second kappa shape index (κ2) is 3.19. The van der Waals surface area contributed by atoms with E-state index >= 15 is 0 Å². The van der Waals surface area contributed by atoms with Gasteiger partial charge in [-0.25, -0.2) is 9.37 Å². The van der Waals surface area contributed by atoms with Crippen molar-refractivity contribution in [1.29, 1.82) is 0 Å². The first-order valence-electron chi connectivity index (χ1n) is 5.09. The summed E-state index contributed by atoms with van der Waals surface area (Å²) in [5.74, 6) is 1.25. The maximum atomic E-state index is 13.0. The second-order valence-corrected chi connectivity index (χ2v) is 3.99. The normalized spacial score (nSPS) is 19.1. The zero-order chi connectivity index (χ0) is 10.3.